The molecule has 0 aromatic carbocycles. The van der Waals surface area contributed by atoms with E-state index in [9.17, 15) is 15.0 Å². The molecule has 34 heavy (non-hydrogen) atoms. The molecule has 0 spiro atoms. The minimum absolute atomic E-state index is 0.241. The molecule has 2 fully saturated rings. The molecule has 5 atom stereocenters. The van der Waals surface area contributed by atoms with E-state index in [-0.39, 0.29) is 17.8 Å². The van der Waals surface area contributed by atoms with Gasteiger partial charge < -0.3 is 25.4 Å². The summed E-state index contributed by atoms with van der Waals surface area (Å²) in [5.41, 5.74) is 1.36. The minimum Gasteiger partial charge on any atom is -0.389 e. The number of anilines is 1. The van der Waals surface area contributed by atoms with Gasteiger partial charge in [-0.15, -0.1) is 5.10 Å². The first-order chi connectivity index (χ1) is 16.4. The van der Waals surface area contributed by atoms with Crippen molar-refractivity contribution in [1.29, 1.82) is 0 Å². The molecule has 2 aliphatic carbocycles. The van der Waals surface area contributed by atoms with Gasteiger partial charge in [0.2, 0.25) is 5.91 Å². The van der Waals surface area contributed by atoms with Crippen LogP contribution in [0.5, 0.6) is 0 Å². The van der Waals surface area contributed by atoms with Crippen molar-refractivity contribution in [2.24, 2.45) is 18.4 Å². The lowest BCUT2D eigenvalue weighted by Crippen LogP contribution is -2.41. The van der Waals surface area contributed by atoms with E-state index in [1.54, 1.807) is 35.0 Å². The lowest BCUT2D eigenvalue weighted by Gasteiger charge is -2.23. The zero-order chi connectivity index (χ0) is 23.8. The van der Waals surface area contributed by atoms with Crippen molar-refractivity contribution in [2.45, 2.75) is 24.7 Å². The van der Waals surface area contributed by atoms with E-state index in [0.717, 1.165) is 5.56 Å². The average Bonchev–Trinajstić information content (AvgIpc) is 3.26. The molecule has 5 unspecified atom stereocenters. The van der Waals surface area contributed by atoms with Gasteiger partial charge in [-0.2, -0.15) is 19.7 Å². The Balaban J connectivity index is 1.43. The fourth-order valence-electron chi connectivity index (χ4n) is 5.23. The maximum absolute atomic E-state index is 12.5. The Labute approximate surface area is 192 Å². The zero-order valence-corrected chi connectivity index (χ0v) is 18.7. The molecule has 4 aromatic rings. The van der Waals surface area contributed by atoms with Crippen LogP contribution in [-0.2, 0) is 11.8 Å². The third-order valence-corrected chi connectivity index (χ3v) is 6.99. The summed E-state index contributed by atoms with van der Waals surface area (Å²) in [6.45, 7) is 0. The fraction of sp³-hybridized carbons (Fsp3) is 0.450. The van der Waals surface area contributed by atoms with Crippen LogP contribution in [0.25, 0.3) is 28.4 Å². The molecule has 176 valence electrons. The molecule has 0 aliphatic heterocycles. The number of fused-ring (bicyclic) bond motifs is 2. The molecule has 4 aromatic heterocycles. The van der Waals surface area contributed by atoms with Crippen molar-refractivity contribution in [2.75, 3.05) is 19.4 Å². The van der Waals surface area contributed by atoms with E-state index in [1.165, 1.54) is 11.7 Å². The number of amides is 1. The molecule has 2 aliphatic rings. The maximum atomic E-state index is 12.5. The molecule has 14 heteroatoms. The average molecular weight is 465 g/mol. The number of aliphatic hydroxyl groups excluding tert-OH is 2. The van der Waals surface area contributed by atoms with Gasteiger partial charge in [0, 0.05) is 38.8 Å². The summed E-state index contributed by atoms with van der Waals surface area (Å²) >= 11 is 0. The SMILES string of the molecule is CNC(=O)C12CC1C(n1cnc3c(NC)nc(-n4cc(-c5cnn(C)c5)nn4)nc31)C(O)C2O. The van der Waals surface area contributed by atoms with Gasteiger partial charge in [-0.25, -0.2) is 4.98 Å². The number of hydrogen-bond donors (Lipinski definition) is 4. The minimum atomic E-state index is -1.18. The predicted molar refractivity (Wildman–Crippen MR) is 118 cm³/mol. The van der Waals surface area contributed by atoms with Crippen LogP contribution >= 0.6 is 0 Å². The van der Waals surface area contributed by atoms with Crippen LogP contribution in [0.3, 0.4) is 0 Å². The molecule has 2 saturated carbocycles. The molecule has 0 radical (unpaired) electrons. The van der Waals surface area contributed by atoms with Crippen LogP contribution in [-0.4, -0.2) is 86.7 Å². The Morgan fingerprint density at radius 3 is 2.76 bits per heavy atom. The normalized spacial score (nSPS) is 27.7. The highest BCUT2D eigenvalue weighted by Crippen LogP contribution is 2.67. The monoisotopic (exact) mass is 465 g/mol. The standard InChI is InChI=1S/C20H23N11O3/c1-21-16-12-17(26-19(25-16)31-7-11(27-28-31)9-5-24-29(3)6-9)30(8-23-12)13-10-4-20(10,18(34)22-2)15(33)14(13)32/h5-8,10,13-15,32-33H,4H2,1-3H3,(H,22,34)(H,21,25,26). The topological polar surface area (TPSA) is 174 Å². The zero-order valence-electron chi connectivity index (χ0n) is 18.7. The van der Waals surface area contributed by atoms with Crippen molar-refractivity contribution in [3.63, 3.8) is 0 Å². The number of nitrogens with one attached hydrogen (secondary N) is 2. The first kappa shape index (κ1) is 20.7. The number of imidazole rings is 1. The maximum Gasteiger partial charge on any atom is 0.256 e. The van der Waals surface area contributed by atoms with Crippen molar-refractivity contribution < 1.29 is 15.0 Å². The number of carbonyl (C=O) groups is 1. The van der Waals surface area contributed by atoms with Crippen LogP contribution in [0.1, 0.15) is 12.5 Å². The summed E-state index contributed by atoms with van der Waals surface area (Å²) in [5.74, 6) is 0.212. The first-order valence-corrected chi connectivity index (χ1v) is 10.8. The second-order valence-electron chi connectivity index (χ2n) is 8.75. The van der Waals surface area contributed by atoms with Crippen molar-refractivity contribution >= 4 is 22.9 Å². The second-order valence-corrected chi connectivity index (χ2v) is 8.75. The van der Waals surface area contributed by atoms with Crippen molar-refractivity contribution in [1.82, 2.24) is 49.6 Å². The van der Waals surface area contributed by atoms with E-state index in [1.807, 2.05) is 13.2 Å². The third kappa shape index (κ3) is 2.66. The molecular weight excluding hydrogens is 442 g/mol. The second kappa shape index (κ2) is 7.04. The van der Waals surface area contributed by atoms with Gasteiger partial charge in [-0.05, 0) is 6.42 Å². The van der Waals surface area contributed by atoms with Gasteiger partial charge >= 0.3 is 0 Å². The number of aryl methyl sites for hydroxylation is 1. The Morgan fingerprint density at radius 2 is 2.06 bits per heavy atom. The summed E-state index contributed by atoms with van der Waals surface area (Å²) in [5, 5.41) is 39.8. The Bertz CT molecular complexity index is 1420. The van der Waals surface area contributed by atoms with Crippen molar-refractivity contribution in [3.05, 3.63) is 24.9 Å². The first-order valence-electron chi connectivity index (χ1n) is 10.8. The van der Waals surface area contributed by atoms with Gasteiger partial charge in [-0.3, -0.25) is 9.48 Å². The number of hydrogen-bond acceptors (Lipinski definition) is 10. The molecule has 4 heterocycles. The smallest absolute Gasteiger partial charge is 0.256 e. The van der Waals surface area contributed by atoms with E-state index >= 15 is 0 Å². The fourth-order valence-corrected chi connectivity index (χ4v) is 5.23. The molecule has 4 N–H and O–H groups in total. The summed E-state index contributed by atoms with van der Waals surface area (Å²) in [7, 11) is 5.07. The largest absolute Gasteiger partial charge is 0.389 e. The van der Waals surface area contributed by atoms with Gasteiger partial charge in [0.05, 0.1) is 36.3 Å². The molecule has 6 rings (SSSR count). The summed E-state index contributed by atoms with van der Waals surface area (Å²) < 4.78 is 4.84. The summed E-state index contributed by atoms with van der Waals surface area (Å²) in [4.78, 5) is 26.1. The van der Waals surface area contributed by atoms with E-state index in [4.69, 9.17) is 0 Å². The Kier molecular flexibility index (Phi) is 4.28. The Hall–Kier alpha value is -3.91. The number of carbonyl (C=O) groups excluding carboxylic acids is 1. The van der Waals surface area contributed by atoms with Crippen LogP contribution in [0.15, 0.2) is 24.9 Å². The van der Waals surface area contributed by atoms with Crippen LogP contribution < -0.4 is 10.6 Å². The number of aliphatic hydroxyl groups is 2. The highest BCUT2D eigenvalue weighted by atomic mass is 16.3. The van der Waals surface area contributed by atoms with Gasteiger partial charge in [0.25, 0.3) is 5.95 Å². The van der Waals surface area contributed by atoms with Gasteiger partial charge in [0.1, 0.15) is 11.8 Å². The van der Waals surface area contributed by atoms with Gasteiger partial charge in [-0.1, -0.05) is 5.21 Å². The Morgan fingerprint density at radius 1 is 1.24 bits per heavy atom. The number of aromatic nitrogens is 9. The molecule has 0 bridgehead atoms. The molecular formula is C20H23N11O3. The highest BCUT2D eigenvalue weighted by Gasteiger charge is 2.75. The quantitative estimate of drug-likeness (QED) is 0.283. The predicted octanol–water partition coefficient (Wildman–Crippen LogP) is -1.12. The third-order valence-electron chi connectivity index (χ3n) is 6.99. The van der Waals surface area contributed by atoms with E-state index < -0.39 is 23.7 Å². The number of nitrogens with zero attached hydrogens (tertiary/aromatic N) is 9. The highest BCUT2D eigenvalue weighted by molar-refractivity contribution is 5.88. The molecule has 14 nitrogen and oxygen atoms in total. The number of rotatable bonds is 5. The van der Waals surface area contributed by atoms with E-state index in [2.05, 4.69) is 41.0 Å². The van der Waals surface area contributed by atoms with Crippen LogP contribution in [0, 0.1) is 11.3 Å². The van der Waals surface area contributed by atoms with Gasteiger partial charge in [0.15, 0.2) is 17.0 Å². The molecule has 1 amide bonds. The molecule has 0 saturated heterocycles. The van der Waals surface area contributed by atoms with E-state index in [0.29, 0.717) is 29.1 Å². The lowest BCUT2D eigenvalue weighted by molar-refractivity contribution is -0.132. The van der Waals surface area contributed by atoms with Crippen LogP contribution in [0.2, 0.25) is 0 Å². The summed E-state index contributed by atoms with van der Waals surface area (Å²) in [6.07, 6.45) is 4.93. The lowest BCUT2D eigenvalue weighted by atomic mass is 9.98. The van der Waals surface area contributed by atoms with Crippen LogP contribution in [0.4, 0.5) is 5.82 Å². The summed E-state index contributed by atoms with van der Waals surface area (Å²) in [6, 6.07) is -0.563. The van der Waals surface area contributed by atoms with Crippen molar-refractivity contribution in [3.8, 4) is 17.2 Å².